The Morgan fingerprint density at radius 3 is 2.18 bits per heavy atom. The van der Waals surface area contributed by atoms with Gasteiger partial charge in [-0.25, -0.2) is 21.6 Å². The maximum Gasteiger partial charge on any atom is 0.339 e. The van der Waals surface area contributed by atoms with Gasteiger partial charge in [0.2, 0.25) is 6.41 Å². The second kappa shape index (κ2) is 11.1. The lowest BCUT2D eigenvalue weighted by Crippen LogP contribution is -2.40. The lowest BCUT2D eigenvalue weighted by Gasteiger charge is -2.31. The van der Waals surface area contributed by atoms with Crippen molar-refractivity contribution in [2.24, 2.45) is 0 Å². The number of carboxylic acids is 1. The summed E-state index contributed by atoms with van der Waals surface area (Å²) in [7, 11) is -2.74. The average Bonchev–Trinajstić information content (AvgIpc) is 3.22. The smallest absolute Gasteiger partial charge is 0.339 e. The van der Waals surface area contributed by atoms with Gasteiger partial charge in [0.25, 0.3) is 10.0 Å². The van der Waals surface area contributed by atoms with Crippen molar-refractivity contribution in [3.8, 4) is 0 Å². The first-order valence-corrected chi connectivity index (χ1v) is 13.3. The molecule has 0 saturated heterocycles. The molecule has 1 unspecified atom stereocenters. The van der Waals surface area contributed by atoms with Crippen molar-refractivity contribution >= 4 is 39.6 Å². The number of hydrogen-bond donors (Lipinski definition) is 1. The number of benzene rings is 2. The van der Waals surface area contributed by atoms with Crippen molar-refractivity contribution < 1.29 is 32.2 Å². The van der Waals surface area contributed by atoms with E-state index >= 15 is 0 Å². The van der Waals surface area contributed by atoms with Crippen LogP contribution >= 0.6 is 11.6 Å². The minimum absolute atomic E-state index is 0.00947. The number of carbonyl (C=O) groups excluding carboxylic acids is 1. The lowest BCUT2D eigenvalue weighted by atomic mass is 9.93. The van der Waals surface area contributed by atoms with E-state index in [0.29, 0.717) is 22.6 Å². The minimum atomic E-state index is -4.13. The Balaban J connectivity index is 2.39. The highest BCUT2D eigenvalue weighted by Gasteiger charge is 2.35. The van der Waals surface area contributed by atoms with E-state index < -0.39 is 33.5 Å². The monoisotopic (exact) mass is 562 g/mol. The van der Waals surface area contributed by atoms with E-state index in [2.05, 4.69) is 0 Å². The van der Waals surface area contributed by atoms with Gasteiger partial charge in [-0.2, -0.15) is 0 Å². The third kappa shape index (κ3) is 6.15. The van der Waals surface area contributed by atoms with Crippen molar-refractivity contribution in [3.63, 3.8) is 0 Å². The second-order valence-corrected chi connectivity index (χ2v) is 11.8. The summed E-state index contributed by atoms with van der Waals surface area (Å²) >= 11 is 6.09. The van der Waals surface area contributed by atoms with E-state index in [-0.39, 0.29) is 21.9 Å². The van der Waals surface area contributed by atoms with Gasteiger partial charge < -0.3 is 14.7 Å². The van der Waals surface area contributed by atoms with Crippen molar-refractivity contribution in [1.82, 2.24) is 8.87 Å². The minimum Gasteiger partial charge on any atom is -0.479 e. The Labute approximate surface area is 226 Å². The zero-order chi connectivity index (χ0) is 28.4. The average molecular weight is 563 g/mol. The van der Waals surface area contributed by atoms with Crippen LogP contribution < -0.4 is 0 Å². The van der Waals surface area contributed by atoms with Gasteiger partial charge in [-0.15, -0.1) is 0 Å². The first kappa shape index (κ1) is 29.1. The molecule has 1 aromatic heterocycles. The van der Waals surface area contributed by atoms with Crippen LogP contribution in [0.3, 0.4) is 0 Å². The maximum atomic E-state index is 13.4. The molecule has 1 amide bonds. The van der Waals surface area contributed by atoms with Gasteiger partial charge in [0.05, 0.1) is 16.2 Å². The van der Waals surface area contributed by atoms with Gasteiger partial charge in [0.1, 0.15) is 5.82 Å². The number of nitrogens with zero attached hydrogens (tertiary/aromatic N) is 2. The Morgan fingerprint density at radius 1 is 1.11 bits per heavy atom. The Morgan fingerprint density at radius 2 is 1.68 bits per heavy atom. The van der Waals surface area contributed by atoms with Crippen molar-refractivity contribution in [2.45, 2.75) is 44.3 Å². The fourth-order valence-corrected chi connectivity index (χ4v) is 5.44. The number of hydrogen-bond acceptors (Lipinski definition) is 5. The van der Waals surface area contributed by atoms with Crippen LogP contribution in [0.2, 0.25) is 5.02 Å². The van der Waals surface area contributed by atoms with Crippen LogP contribution in [0.5, 0.6) is 0 Å². The summed E-state index contributed by atoms with van der Waals surface area (Å²) < 4.78 is 47.1. The van der Waals surface area contributed by atoms with Crippen molar-refractivity contribution in [2.75, 3.05) is 7.05 Å². The third-order valence-corrected chi connectivity index (χ3v) is 7.64. The highest BCUT2D eigenvalue weighted by atomic mass is 35.5. The zero-order valence-electron chi connectivity index (χ0n) is 21.5. The van der Waals surface area contributed by atoms with E-state index in [9.17, 15) is 27.5 Å². The lowest BCUT2D eigenvalue weighted by molar-refractivity contribution is -0.157. The third-order valence-electron chi connectivity index (χ3n) is 5.61. The quantitative estimate of drug-likeness (QED) is 0.370. The second-order valence-electron chi connectivity index (χ2n) is 9.50. The molecule has 38 heavy (non-hydrogen) atoms. The number of amides is 1. The summed E-state index contributed by atoms with van der Waals surface area (Å²) in [4.78, 5) is 25.4. The summed E-state index contributed by atoms with van der Waals surface area (Å²) in [5.41, 5.74) is 0.391. The van der Waals surface area contributed by atoms with Crippen molar-refractivity contribution in [3.05, 3.63) is 94.2 Å². The number of likely N-dealkylation sites (N-methyl/N-ethyl adjacent to an activating group) is 1. The van der Waals surface area contributed by atoms with Gasteiger partial charge >= 0.3 is 5.97 Å². The molecule has 8 nitrogen and oxygen atoms in total. The molecule has 0 radical (unpaired) electrons. The SMILES string of the molecule is Cc1c(/C(=C(/C(OC(C)(C)C)C(=O)O)N(C)C=O)c2ccc(Cl)cc2)ccn1S(=O)(=O)c1ccc(F)cc1. The predicted octanol–water partition coefficient (Wildman–Crippen LogP) is 4.94. The fourth-order valence-electron chi connectivity index (χ4n) is 3.92. The van der Waals surface area contributed by atoms with E-state index in [4.69, 9.17) is 16.3 Å². The largest absolute Gasteiger partial charge is 0.479 e. The van der Waals surface area contributed by atoms with Crippen LogP contribution in [-0.2, 0) is 24.3 Å². The van der Waals surface area contributed by atoms with Gasteiger partial charge in [-0.1, -0.05) is 23.7 Å². The molecule has 0 aliphatic rings. The molecule has 0 bridgehead atoms. The molecule has 2 aromatic carbocycles. The molecule has 0 fully saturated rings. The van der Waals surface area contributed by atoms with Gasteiger partial charge in [0.15, 0.2) is 6.10 Å². The Hall–Kier alpha value is -3.47. The molecule has 1 atom stereocenters. The number of aromatic nitrogens is 1. The summed E-state index contributed by atoms with van der Waals surface area (Å²) in [6, 6.07) is 12.4. The molecule has 0 aliphatic carbocycles. The van der Waals surface area contributed by atoms with E-state index in [1.807, 2.05) is 0 Å². The predicted molar refractivity (Wildman–Crippen MR) is 142 cm³/mol. The molecule has 0 saturated carbocycles. The highest BCUT2D eigenvalue weighted by Crippen LogP contribution is 2.36. The summed E-state index contributed by atoms with van der Waals surface area (Å²) in [6.45, 7) is 6.59. The van der Waals surface area contributed by atoms with E-state index in [1.54, 1.807) is 52.0 Å². The molecule has 202 valence electrons. The molecule has 11 heteroatoms. The fraction of sp³-hybridized carbons (Fsp3) is 0.259. The topological polar surface area (TPSA) is 106 Å². The molecule has 0 spiro atoms. The standard InChI is InChI=1S/C27H28ClFN2O6S/c1-17-22(14-15-31(17)38(35,36)21-12-10-20(29)11-13-21)23(18-6-8-19(28)9-7-18)24(30(5)16-32)25(26(33)34)37-27(2,3)4/h6-16,25H,1-5H3,(H,33,34)/b24-23-. The van der Waals surface area contributed by atoms with Crippen molar-refractivity contribution in [1.29, 1.82) is 0 Å². The summed E-state index contributed by atoms with van der Waals surface area (Å²) in [5.74, 6) is -1.92. The number of ether oxygens (including phenoxy) is 1. The summed E-state index contributed by atoms with van der Waals surface area (Å²) in [5, 5.41) is 10.6. The first-order chi connectivity index (χ1) is 17.7. The first-order valence-electron chi connectivity index (χ1n) is 11.5. The highest BCUT2D eigenvalue weighted by molar-refractivity contribution is 7.90. The summed E-state index contributed by atoms with van der Waals surface area (Å²) in [6.07, 6.45) is 0.180. The van der Waals surface area contributed by atoms with Gasteiger partial charge in [-0.05, 0) is 75.7 Å². The van der Waals surface area contributed by atoms with Crippen LogP contribution in [0.15, 0.2) is 71.4 Å². The van der Waals surface area contributed by atoms with Crippen LogP contribution in [0, 0.1) is 12.7 Å². The Kier molecular flexibility index (Phi) is 8.50. The van der Waals surface area contributed by atoms with E-state index in [0.717, 1.165) is 33.1 Å². The zero-order valence-corrected chi connectivity index (χ0v) is 23.0. The molecule has 3 aromatic rings. The van der Waals surface area contributed by atoms with Gasteiger partial charge in [0, 0.05) is 35.1 Å². The molecular weight excluding hydrogens is 535 g/mol. The normalized spacial score (nSPS) is 13.6. The number of carboxylic acid groups (broad SMARTS) is 1. The molecule has 3 rings (SSSR count). The Bertz CT molecular complexity index is 1470. The van der Waals surface area contributed by atoms with Crippen LogP contribution in [-0.4, -0.2) is 53.5 Å². The molecular formula is C27H28ClFN2O6S. The molecule has 1 heterocycles. The number of carbonyl (C=O) groups is 2. The number of rotatable bonds is 9. The van der Waals surface area contributed by atoms with Crippen LogP contribution in [0.25, 0.3) is 5.57 Å². The van der Waals surface area contributed by atoms with Crippen LogP contribution in [0.4, 0.5) is 4.39 Å². The van der Waals surface area contributed by atoms with Crippen LogP contribution in [0.1, 0.15) is 37.6 Å². The number of aliphatic carboxylic acids is 1. The molecule has 0 aliphatic heterocycles. The van der Waals surface area contributed by atoms with Gasteiger partial charge in [-0.3, -0.25) is 4.79 Å². The number of halogens is 2. The maximum absolute atomic E-state index is 13.4. The molecule has 1 N–H and O–H groups in total. The van der Waals surface area contributed by atoms with E-state index in [1.165, 1.54) is 19.3 Å².